The molecule has 3 N–H and O–H groups in total. The zero-order valence-electron chi connectivity index (χ0n) is 20.6. The molecule has 0 fully saturated rings. The number of carbonyl (C=O) groups excluding carboxylic acids is 1. The van der Waals surface area contributed by atoms with E-state index in [1.54, 1.807) is 6.92 Å². The van der Waals surface area contributed by atoms with Crippen molar-refractivity contribution in [1.29, 1.82) is 0 Å². The quantitative estimate of drug-likeness (QED) is 0.283. The number of nitrogens with one attached hydrogen (secondary N) is 1. The molecule has 1 aliphatic rings. The molecule has 41 heavy (non-hydrogen) atoms. The number of rotatable bonds is 4. The summed E-state index contributed by atoms with van der Waals surface area (Å²) in [5.74, 6) is -5.40. The zero-order valence-corrected chi connectivity index (χ0v) is 20.6. The van der Waals surface area contributed by atoms with E-state index in [2.05, 4.69) is 25.3 Å². The fourth-order valence-electron chi connectivity index (χ4n) is 4.53. The molecule has 1 unspecified atom stereocenters. The predicted molar refractivity (Wildman–Crippen MR) is 131 cm³/mol. The molecule has 0 spiro atoms. The Labute approximate surface area is 225 Å². The Kier molecular flexibility index (Phi) is 5.65. The highest BCUT2D eigenvalue weighted by molar-refractivity contribution is 6.09. The Bertz CT molecular complexity index is 1870. The van der Waals surface area contributed by atoms with Crippen LogP contribution in [0.2, 0.25) is 0 Å². The molecular formula is C26H15F6N7O2. The number of aromatic nitrogens is 5. The number of benzene rings is 2. The lowest BCUT2D eigenvalue weighted by Gasteiger charge is -2.23. The lowest BCUT2D eigenvalue weighted by Crippen LogP contribution is -2.33. The largest absolute Gasteiger partial charge is 0.434 e. The minimum absolute atomic E-state index is 0.00789. The van der Waals surface area contributed by atoms with Crippen LogP contribution in [0.25, 0.3) is 17.2 Å². The van der Waals surface area contributed by atoms with Crippen LogP contribution < -0.4 is 15.8 Å². The van der Waals surface area contributed by atoms with E-state index in [0.717, 1.165) is 28.8 Å². The molecule has 5 aromatic rings. The smallest absolute Gasteiger partial charge is 0.433 e. The van der Waals surface area contributed by atoms with Crippen LogP contribution >= 0.6 is 0 Å². The second kappa shape index (κ2) is 8.90. The average Bonchev–Trinajstić information content (AvgIpc) is 3.47. The van der Waals surface area contributed by atoms with Crippen molar-refractivity contribution in [2.75, 3.05) is 11.1 Å². The van der Waals surface area contributed by atoms with E-state index < -0.39 is 57.9 Å². The highest BCUT2D eigenvalue weighted by Crippen LogP contribution is 2.45. The van der Waals surface area contributed by atoms with E-state index in [0.29, 0.717) is 11.8 Å². The number of hydrogen-bond donors (Lipinski definition) is 2. The molecule has 1 amide bonds. The third-order valence-electron chi connectivity index (χ3n) is 6.59. The van der Waals surface area contributed by atoms with Crippen molar-refractivity contribution in [3.05, 3.63) is 89.1 Å². The lowest BCUT2D eigenvalue weighted by molar-refractivity contribution is -0.140. The maximum absolute atomic E-state index is 14.3. The zero-order chi connectivity index (χ0) is 29.3. The van der Waals surface area contributed by atoms with E-state index >= 15 is 0 Å². The van der Waals surface area contributed by atoms with Crippen LogP contribution in [-0.4, -0.2) is 30.2 Å². The first-order valence-corrected chi connectivity index (χ1v) is 11.7. The highest BCUT2D eigenvalue weighted by Gasteiger charge is 2.47. The molecule has 9 nitrogen and oxygen atoms in total. The third-order valence-corrected chi connectivity index (χ3v) is 6.59. The van der Waals surface area contributed by atoms with Crippen LogP contribution in [0.3, 0.4) is 0 Å². The normalized spacial score (nSPS) is 16.6. The van der Waals surface area contributed by atoms with Gasteiger partial charge in [-0.15, -0.1) is 0 Å². The second-order valence-electron chi connectivity index (χ2n) is 9.18. The molecule has 208 valence electrons. The van der Waals surface area contributed by atoms with Gasteiger partial charge < -0.3 is 15.8 Å². The van der Waals surface area contributed by atoms with Crippen LogP contribution in [0.5, 0.6) is 11.6 Å². The van der Waals surface area contributed by atoms with E-state index in [9.17, 15) is 31.1 Å². The first-order chi connectivity index (χ1) is 19.4. The van der Waals surface area contributed by atoms with Gasteiger partial charge in [-0.1, -0.05) is 18.2 Å². The van der Waals surface area contributed by atoms with Gasteiger partial charge in [-0.25, -0.2) is 28.7 Å². The van der Waals surface area contributed by atoms with Crippen molar-refractivity contribution in [3.63, 3.8) is 0 Å². The minimum atomic E-state index is -4.85. The van der Waals surface area contributed by atoms with Crippen LogP contribution in [0.15, 0.2) is 54.9 Å². The van der Waals surface area contributed by atoms with Crippen LogP contribution in [-0.2, 0) is 16.4 Å². The van der Waals surface area contributed by atoms with Crippen LogP contribution in [0, 0.1) is 17.5 Å². The summed E-state index contributed by atoms with van der Waals surface area (Å²) in [6.07, 6.45) is -3.11. The monoisotopic (exact) mass is 571 g/mol. The number of carbonyl (C=O) groups is 1. The van der Waals surface area contributed by atoms with Crippen molar-refractivity contribution in [3.8, 4) is 23.1 Å². The molecule has 1 aliphatic heterocycles. The number of nitrogen functional groups attached to an aromatic ring is 1. The van der Waals surface area contributed by atoms with Gasteiger partial charge in [-0.05, 0) is 36.8 Å². The maximum atomic E-state index is 14.3. The molecule has 0 radical (unpaired) electrons. The van der Waals surface area contributed by atoms with E-state index in [1.165, 1.54) is 24.3 Å². The molecule has 0 saturated carbocycles. The number of ether oxygens (including phenoxy) is 1. The molecule has 6 rings (SSSR count). The molecule has 1 atom stereocenters. The summed E-state index contributed by atoms with van der Waals surface area (Å²) < 4.78 is 88.3. The number of nitrogens with zero attached hydrogens (tertiary/aromatic N) is 5. The predicted octanol–water partition coefficient (Wildman–Crippen LogP) is 5.26. The van der Waals surface area contributed by atoms with Gasteiger partial charge >= 0.3 is 6.18 Å². The van der Waals surface area contributed by atoms with Gasteiger partial charge in [-0.2, -0.15) is 17.6 Å². The van der Waals surface area contributed by atoms with Crippen LogP contribution in [0.4, 0.5) is 38.0 Å². The van der Waals surface area contributed by atoms with Crippen LogP contribution in [0.1, 0.15) is 23.7 Å². The average molecular weight is 571 g/mol. The summed E-state index contributed by atoms with van der Waals surface area (Å²) in [4.78, 5) is 29.2. The van der Waals surface area contributed by atoms with E-state index in [1.807, 2.05) is 0 Å². The molecule has 4 heterocycles. The summed E-state index contributed by atoms with van der Waals surface area (Å²) in [5.41, 5.74) is 3.49. The lowest BCUT2D eigenvalue weighted by atomic mass is 9.78. The van der Waals surface area contributed by atoms with Crippen molar-refractivity contribution in [2.45, 2.75) is 18.5 Å². The maximum Gasteiger partial charge on any atom is 0.434 e. The summed E-state index contributed by atoms with van der Waals surface area (Å²) in [6, 6.07) is 8.20. The molecule has 2 aromatic carbocycles. The Morgan fingerprint density at radius 3 is 2.41 bits per heavy atom. The fraction of sp³-hybridized carbons (Fsp3) is 0.115. The summed E-state index contributed by atoms with van der Waals surface area (Å²) in [6.45, 7) is 1.55. The third kappa shape index (κ3) is 4.16. The molecule has 0 saturated heterocycles. The van der Waals surface area contributed by atoms with Gasteiger partial charge in [0.05, 0.1) is 5.56 Å². The fourth-order valence-corrected chi connectivity index (χ4v) is 4.53. The minimum Gasteiger partial charge on any atom is -0.433 e. The number of halogens is 6. The van der Waals surface area contributed by atoms with Gasteiger partial charge in [0.1, 0.15) is 28.6 Å². The molecule has 0 aliphatic carbocycles. The Morgan fingerprint density at radius 2 is 1.71 bits per heavy atom. The van der Waals surface area contributed by atoms with E-state index in [-0.39, 0.29) is 28.7 Å². The molecule has 3 aromatic heterocycles. The Hall–Kier alpha value is -5.21. The number of imidazole rings is 1. The first-order valence-electron chi connectivity index (χ1n) is 11.7. The molecular weight excluding hydrogens is 556 g/mol. The molecule has 15 heteroatoms. The number of alkyl halides is 3. The number of nitrogens with two attached hydrogens (primary N) is 1. The number of fused-ring (bicyclic) bond motifs is 2. The number of amides is 1. The van der Waals surface area contributed by atoms with Gasteiger partial charge in [-0.3, -0.25) is 9.20 Å². The van der Waals surface area contributed by atoms with Gasteiger partial charge in [0.25, 0.3) is 5.88 Å². The van der Waals surface area contributed by atoms with Crippen molar-refractivity contribution in [1.82, 2.24) is 24.3 Å². The Balaban J connectivity index is 1.51. The summed E-state index contributed by atoms with van der Waals surface area (Å²) in [5, 5.41) is 2.60. The molecule has 0 bridgehead atoms. The SMILES string of the molecule is CC1(c2ccc(F)cc2)C(=O)Nc2nc(-c3cn4cc(C(F)(F)F)nc4c(Oc4cccc(F)c4F)n3)nc(N)c21. The first kappa shape index (κ1) is 26.0. The van der Waals surface area contributed by atoms with Crippen molar-refractivity contribution >= 4 is 23.2 Å². The van der Waals surface area contributed by atoms with Gasteiger partial charge in [0, 0.05) is 12.4 Å². The van der Waals surface area contributed by atoms with Crippen molar-refractivity contribution < 1.29 is 35.9 Å². The topological polar surface area (TPSA) is 120 Å². The number of hydrogen-bond acceptors (Lipinski definition) is 7. The van der Waals surface area contributed by atoms with Crippen molar-refractivity contribution in [2.24, 2.45) is 0 Å². The van der Waals surface area contributed by atoms with Gasteiger partial charge in [0.15, 0.2) is 23.1 Å². The Morgan fingerprint density at radius 1 is 0.976 bits per heavy atom. The second-order valence-corrected chi connectivity index (χ2v) is 9.18. The van der Waals surface area contributed by atoms with Gasteiger partial charge in [0.2, 0.25) is 17.4 Å². The summed E-state index contributed by atoms with van der Waals surface area (Å²) >= 11 is 0. The number of anilines is 2. The highest BCUT2D eigenvalue weighted by atomic mass is 19.4. The summed E-state index contributed by atoms with van der Waals surface area (Å²) in [7, 11) is 0. The van der Waals surface area contributed by atoms with E-state index in [4.69, 9.17) is 10.5 Å². The standard InChI is InChI=1S/C26H15F6N7O2/c1-25(11-5-7-12(27)8-6-11)17-19(33)36-20(37-21(17)38-24(25)40)14-9-39-10-16(26(30,31)32)35-22(39)23(34-14)41-15-4-2-3-13(28)18(15)29/h2-10H,1H3,(H3,33,36,37,38,40).